The summed E-state index contributed by atoms with van der Waals surface area (Å²) < 4.78 is 7.73. The van der Waals surface area contributed by atoms with Crippen LogP contribution in [-0.2, 0) is 0 Å². The van der Waals surface area contributed by atoms with Crippen LogP contribution in [0, 0.1) is 6.92 Å². The Labute approximate surface area is 90.5 Å². The molecule has 0 saturated carbocycles. The summed E-state index contributed by atoms with van der Waals surface area (Å²) in [4.78, 5) is 10.8. The highest BCUT2D eigenvalue weighted by atomic mass is 32.1. The van der Waals surface area contributed by atoms with Gasteiger partial charge in [-0.3, -0.25) is 0 Å². The first kappa shape index (κ1) is 9.79. The summed E-state index contributed by atoms with van der Waals surface area (Å²) in [6.07, 6.45) is 0. The van der Waals surface area contributed by atoms with E-state index >= 15 is 0 Å². The molecule has 1 aromatic heterocycles. The van der Waals surface area contributed by atoms with E-state index in [0.717, 1.165) is 22.9 Å². The fourth-order valence-electron chi connectivity index (χ4n) is 1.23. The van der Waals surface area contributed by atoms with Crippen molar-refractivity contribution in [2.45, 2.75) is 6.92 Å². The van der Waals surface area contributed by atoms with E-state index in [-0.39, 0.29) is 5.69 Å². The molecule has 4 nitrogen and oxygen atoms in total. The van der Waals surface area contributed by atoms with Gasteiger partial charge in [0.15, 0.2) is 5.69 Å². The Kier molecular flexibility index (Phi) is 2.47. The van der Waals surface area contributed by atoms with E-state index in [1.807, 2.05) is 31.2 Å². The molecule has 2 aromatic rings. The highest BCUT2D eigenvalue weighted by Crippen LogP contribution is 2.21. The molecule has 2 rings (SSSR count). The van der Waals surface area contributed by atoms with Gasteiger partial charge in [0.05, 0.1) is 11.7 Å². The Morgan fingerprint density at radius 2 is 1.93 bits per heavy atom. The van der Waals surface area contributed by atoms with Crippen LogP contribution < -0.4 is 0 Å². The Hall–Kier alpha value is -1.75. The molecule has 0 radical (unpaired) electrons. The lowest BCUT2D eigenvalue weighted by Crippen LogP contribution is -1.98. The van der Waals surface area contributed by atoms with Gasteiger partial charge in [-0.15, -0.1) is 0 Å². The molecule has 0 atom stereocenters. The summed E-state index contributed by atoms with van der Waals surface area (Å²) in [6, 6.07) is 7.53. The average Bonchev–Trinajstić information content (AvgIpc) is 2.67. The third-order valence-corrected chi connectivity index (χ3v) is 2.54. The van der Waals surface area contributed by atoms with Crippen LogP contribution in [0.1, 0.15) is 16.1 Å². The lowest BCUT2D eigenvalue weighted by molar-refractivity contribution is 0.0692. The van der Waals surface area contributed by atoms with Gasteiger partial charge in [0.2, 0.25) is 0 Å². The minimum atomic E-state index is -1.04. The summed E-state index contributed by atoms with van der Waals surface area (Å²) in [5.41, 5.74) is 2.36. The van der Waals surface area contributed by atoms with Crippen molar-refractivity contribution >= 4 is 17.7 Å². The van der Waals surface area contributed by atoms with E-state index in [2.05, 4.69) is 8.75 Å². The number of aryl methyl sites for hydroxylation is 1. The molecule has 0 aliphatic carbocycles. The first-order valence-corrected chi connectivity index (χ1v) is 5.04. The second kappa shape index (κ2) is 3.78. The molecule has 0 aliphatic heterocycles. The fourth-order valence-corrected chi connectivity index (χ4v) is 1.79. The summed E-state index contributed by atoms with van der Waals surface area (Å²) >= 11 is 0.913. The molecule has 0 spiro atoms. The summed E-state index contributed by atoms with van der Waals surface area (Å²) in [7, 11) is 0. The predicted molar refractivity (Wildman–Crippen MR) is 57.0 cm³/mol. The van der Waals surface area contributed by atoms with Crippen molar-refractivity contribution in [1.82, 2.24) is 8.75 Å². The van der Waals surface area contributed by atoms with Crippen LogP contribution in [-0.4, -0.2) is 19.8 Å². The number of carbonyl (C=O) groups is 1. The van der Waals surface area contributed by atoms with Gasteiger partial charge in [-0.25, -0.2) is 4.79 Å². The topological polar surface area (TPSA) is 63.1 Å². The molecule has 15 heavy (non-hydrogen) atoms. The second-order valence-electron chi connectivity index (χ2n) is 3.13. The van der Waals surface area contributed by atoms with Gasteiger partial charge < -0.3 is 5.11 Å². The molecule has 1 N–H and O–H groups in total. The van der Waals surface area contributed by atoms with Gasteiger partial charge in [-0.2, -0.15) is 8.75 Å². The molecule has 0 fully saturated rings. The van der Waals surface area contributed by atoms with Crippen molar-refractivity contribution in [3.63, 3.8) is 0 Å². The molecule has 1 heterocycles. The summed E-state index contributed by atoms with van der Waals surface area (Å²) in [5, 5.41) is 8.87. The standard InChI is InChI=1S/C10H8N2O2S/c1-6-2-4-7(5-3-6)8-9(10(13)14)12-15-11-8/h2-5H,1H3,(H,13,14). The normalized spacial score (nSPS) is 10.2. The van der Waals surface area contributed by atoms with Gasteiger partial charge in [-0.05, 0) is 6.92 Å². The molecular weight excluding hydrogens is 212 g/mol. The zero-order chi connectivity index (χ0) is 10.8. The molecule has 1 aromatic carbocycles. The van der Waals surface area contributed by atoms with Gasteiger partial charge in [0.25, 0.3) is 0 Å². The second-order valence-corrected chi connectivity index (χ2v) is 3.66. The number of carboxylic acids is 1. The minimum Gasteiger partial charge on any atom is -0.476 e. The van der Waals surface area contributed by atoms with Gasteiger partial charge >= 0.3 is 5.97 Å². The molecule has 0 saturated heterocycles. The zero-order valence-corrected chi connectivity index (χ0v) is 8.78. The van der Waals surface area contributed by atoms with E-state index < -0.39 is 5.97 Å². The SMILES string of the molecule is Cc1ccc(-c2nsnc2C(=O)O)cc1. The van der Waals surface area contributed by atoms with Crippen molar-refractivity contribution in [1.29, 1.82) is 0 Å². The van der Waals surface area contributed by atoms with Crippen LogP contribution in [0.3, 0.4) is 0 Å². The third kappa shape index (κ3) is 1.87. The van der Waals surface area contributed by atoms with E-state index in [9.17, 15) is 4.79 Å². The quantitative estimate of drug-likeness (QED) is 0.842. The maximum Gasteiger partial charge on any atom is 0.357 e. The minimum absolute atomic E-state index is 0.0175. The van der Waals surface area contributed by atoms with Crippen molar-refractivity contribution in [2.75, 3.05) is 0 Å². The zero-order valence-electron chi connectivity index (χ0n) is 7.97. The number of nitrogens with zero attached hydrogens (tertiary/aromatic N) is 2. The van der Waals surface area contributed by atoms with Gasteiger partial charge in [0.1, 0.15) is 5.69 Å². The lowest BCUT2D eigenvalue weighted by Gasteiger charge is -1.98. The number of hydrogen-bond donors (Lipinski definition) is 1. The molecule has 0 unspecified atom stereocenters. The fraction of sp³-hybridized carbons (Fsp3) is 0.100. The van der Waals surface area contributed by atoms with Crippen LogP contribution in [0.4, 0.5) is 0 Å². The molecule has 76 valence electrons. The average molecular weight is 220 g/mol. The number of benzene rings is 1. The first-order valence-electron chi connectivity index (χ1n) is 4.31. The molecular formula is C10H8N2O2S. The largest absolute Gasteiger partial charge is 0.476 e. The molecule has 0 aliphatic rings. The highest BCUT2D eigenvalue weighted by Gasteiger charge is 2.16. The Morgan fingerprint density at radius 3 is 2.53 bits per heavy atom. The third-order valence-electron chi connectivity index (χ3n) is 2.02. The van der Waals surface area contributed by atoms with E-state index in [1.54, 1.807) is 0 Å². The van der Waals surface area contributed by atoms with Crippen molar-refractivity contribution in [3.8, 4) is 11.3 Å². The number of aromatic carboxylic acids is 1. The Morgan fingerprint density at radius 1 is 1.27 bits per heavy atom. The molecule has 0 bridgehead atoms. The van der Waals surface area contributed by atoms with Crippen LogP contribution >= 0.6 is 11.7 Å². The monoisotopic (exact) mass is 220 g/mol. The number of hydrogen-bond acceptors (Lipinski definition) is 4. The maximum absolute atomic E-state index is 10.8. The van der Waals surface area contributed by atoms with Gasteiger partial charge in [0, 0.05) is 5.56 Å². The van der Waals surface area contributed by atoms with E-state index in [0.29, 0.717) is 5.69 Å². The Bertz CT molecular complexity index is 490. The summed E-state index contributed by atoms with van der Waals surface area (Å²) in [6.45, 7) is 1.97. The number of rotatable bonds is 2. The lowest BCUT2D eigenvalue weighted by atomic mass is 10.1. The van der Waals surface area contributed by atoms with Crippen molar-refractivity contribution in [3.05, 3.63) is 35.5 Å². The van der Waals surface area contributed by atoms with Crippen molar-refractivity contribution in [2.24, 2.45) is 0 Å². The Balaban J connectivity index is 2.49. The highest BCUT2D eigenvalue weighted by molar-refractivity contribution is 6.99. The van der Waals surface area contributed by atoms with Crippen LogP contribution in [0.15, 0.2) is 24.3 Å². The number of aromatic nitrogens is 2. The van der Waals surface area contributed by atoms with E-state index in [4.69, 9.17) is 5.11 Å². The maximum atomic E-state index is 10.8. The number of carboxylic acid groups (broad SMARTS) is 1. The first-order chi connectivity index (χ1) is 7.18. The van der Waals surface area contributed by atoms with Crippen LogP contribution in [0.25, 0.3) is 11.3 Å². The van der Waals surface area contributed by atoms with E-state index in [1.165, 1.54) is 0 Å². The summed E-state index contributed by atoms with van der Waals surface area (Å²) in [5.74, 6) is -1.04. The molecule has 5 heteroatoms. The predicted octanol–water partition coefficient (Wildman–Crippen LogP) is 2.21. The van der Waals surface area contributed by atoms with Crippen LogP contribution in [0.5, 0.6) is 0 Å². The van der Waals surface area contributed by atoms with Crippen molar-refractivity contribution < 1.29 is 9.90 Å². The van der Waals surface area contributed by atoms with Gasteiger partial charge in [-0.1, -0.05) is 29.8 Å². The molecule has 0 amide bonds. The van der Waals surface area contributed by atoms with Crippen LogP contribution in [0.2, 0.25) is 0 Å². The smallest absolute Gasteiger partial charge is 0.357 e.